The Labute approximate surface area is 161 Å². The predicted molar refractivity (Wildman–Crippen MR) is 104 cm³/mol. The fourth-order valence-corrected chi connectivity index (χ4v) is 3.97. The highest BCUT2D eigenvalue weighted by Gasteiger charge is 2.31. The van der Waals surface area contributed by atoms with Crippen LogP contribution in [0, 0.1) is 0 Å². The third-order valence-corrected chi connectivity index (χ3v) is 5.98. The Morgan fingerprint density at radius 2 is 1.88 bits per heavy atom. The number of anilines is 1. The Morgan fingerprint density at radius 1 is 1.08 bits per heavy atom. The maximum Gasteiger partial charge on any atom is 0.177 e. The molecule has 0 radical (unpaired) electrons. The van der Waals surface area contributed by atoms with Gasteiger partial charge in [-0.3, -0.25) is 10.00 Å². The van der Waals surface area contributed by atoms with Gasteiger partial charge in [0.2, 0.25) is 0 Å². The number of H-pyrrole nitrogens is 1. The van der Waals surface area contributed by atoms with Gasteiger partial charge in [-0.1, -0.05) is 35.3 Å². The summed E-state index contributed by atoms with van der Waals surface area (Å²) in [5, 5.41) is 8.34. The Balaban J connectivity index is 1.43. The van der Waals surface area contributed by atoms with E-state index in [1.807, 2.05) is 18.3 Å². The van der Waals surface area contributed by atoms with Crippen LogP contribution in [0.5, 0.6) is 0 Å². The zero-order chi connectivity index (χ0) is 17.7. The molecular weight excluding hydrogens is 371 g/mol. The van der Waals surface area contributed by atoms with Crippen molar-refractivity contribution in [3.8, 4) is 11.3 Å². The lowest BCUT2D eigenvalue weighted by molar-refractivity contribution is 0.247. The van der Waals surface area contributed by atoms with Crippen molar-refractivity contribution in [2.45, 2.75) is 18.9 Å². The number of halogens is 2. The van der Waals surface area contributed by atoms with Crippen LogP contribution in [0.4, 0.5) is 5.82 Å². The van der Waals surface area contributed by atoms with E-state index in [9.17, 15) is 0 Å². The van der Waals surface area contributed by atoms with Crippen LogP contribution in [0.3, 0.4) is 0 Å². The zero-order valence-electron chi connectivity index (χ0n) is 14.1. The lowest BCUT2D eigenvalue weighted by atomic mass is 10.1. The van der Waals surface area contributed by atoms with Crippen LogP contribution in [0.25, 0.3) is 22.4 Å². The fraction of sp³-hybridized carbons (Fsp3) is 0.389. The number of benzene rings is 1. The molecule has 0 atom stereocenters. The van der Waals surface area contributed by atoms with E-state index in [0.29, 0.717) is 26.9 Å². The van der Waals surface area contributed by atoms with E-state index in [-0.39, 0.29) is 0 Å². The molecule has 1 saturated heterocycles. The molecule has 0 unspecified atom stereocenters. The van der Waals surface area contributed by atoms with Gasteiger partial charge in [0.1, 0.15) is 17.0 Å². The van der Waals surface area contributed by atoms with Crippen molar-refractivity contribution in [1.29, 1.82) is 0 Å². The van der Waals surface area contributed by atoms with Crippen molar-refractivity contribution in [3.63, 3.8) is 0 Å². The highest BCUT2D eigenvalue weighted by atomic mass is 35.5. The van der Waals surface area contributed by atoms with Crippen LogP contribution >= 0.6 is 23.2 Å². The van der Waals surface area contributed by atoms with E-state index in [1.165, 1.54) is 12.8 Å². The number of fused-ring (bicyclic) bond motifs is 1. The number of nitrogens with one attached hydrogen (secondary N) is 1. The highest BCUT2D eigenvalue weighted by Crippen LogP contribution is 2.35. The standard InChI is InChI=1S/C18H18Cl2N6/c19-13-3-1-2-12(15(13)20)16-17-18(24-23-16)22-14(10-21-17)26-8-6-25(7-9-26)11-4-5-11/h1-3,10-11H,4-9H2,(H,22,23,24). The summed E-state index contributed by atoms with van der Waals surface area (Å²) in [6.07, 6.45) is 4.54. The molecule has 8 heteroatoms. The van der Waals surface area contributed by atoms with E-state index in [0.717, 1.165) is 43.6 Å². The van der Waals surface area contributed by atoms with E-state index in [1.54, 1.807) is 6.07 Å². The Morgan fingerprint density at radius 3 is 2.65 bits per heavy atom. The van der Waals surface area contributed by atoms with Gasteiger partial charge >= 0.3 is 0 Å². The summed E-state index contributed by atoms with van der Waals surface area (Å²) in [6.45, 7) is 4.16. The Kier molecular flexibility index (Phi) is 3.99. The third kappa shape index (κ3) is 2.82. The Bertz CT molecular complexity index is 959. The summed E-state index contributed by atoms with van der Waals surface area (Å²) >= 11 is 12.5. The summed E-state index contributed by atoms with van der Waals surface area (Å²) in [6, 6.07) is 6.32. The van der Waals surface area contributed by atoms with Crippen LogP contribution in [-0.4, -0.2) is 57.3 Å². The lowest BCUT2D eigenvalue weighted by Crippen LogP contribution is -2.47. The number of aromatic amines is 1. The summed E-state index contributed by atoms with van der Waals surface area (Å²) in [5.41, 5.74) is 2.79. The van der Waals surface area contributed by atoms with Gasteiger partial charge in [0.15, 0.2) is 5.65 Å². The van der Waals surface area contributed by atoms with Crippen molar-refractivity contribution >= 4 is 40.2 Å². The largest absolute Gasteiger partial charge is 0.353 e. The molecule has 2 aliphatic rings. The van der Waals surface area contributed by atoms with Gasteiger partial charge in [-0.2, -0.15) is 5.10 Å². The second kappa shape index (κ2) is 6.37. The number of aromatic nitrogens is 4. The van der Waals surface area contributed by atoms with Gasteiger partial charge in [-0.05, 0) is 18.9 Å². The minimum atomic E-state index is 0.477. The number of rotatable bonds is 3. The van der Waals surface area contributed by atoms with Crippen molar-refractivity contribution in [2.24, 2.45) is 0 Å². The monoisotopic (exact) mass is 388 g/mol. The maximum atomic E-state index is 6.34. The van der Waals surface area contributed by atoms with Crippen LogP contribution < -0.4 is 4.90 Å². The molecule has 0 bridgehead atoms. The van der Waals surface area contributed by atoms with Crippen LogP contribution in [0.2, 0.25) is 10.0 Å². The van der Waals surface area contributed by atoms with E-state index in [2.05, 4.69) is 25.0 Å². The van der Waals surface area contributed by atoms with Crippen molar-refractivity contribution in [2.75, 3.05) is 31.1 Å². The average Bonchev–Trinajstić information content (AvgIpc) is 3.44. The highest BCUT2D eigenvalue weighted by molar-refractivity contribution is 6.43. The molecule has 1 aromatic carbocycles. The molecule has 1 saturated carbocycles. The van der Waals surface area contributed by atoms with Crippen LogP contribution in [-0.2, 0) is 0 Å². The predicted octanol–water partition coefficient (Wildman–Crippen LogP) is 3.61. The quantitative estimate of drug-likeness (QED) is 0.742. The van der Waals surface area contributed by atoms with Crippen LogP contribution in [0.1, 0.15) is 12.8 Å². The molecule has 1 aliphatic carbocycles. The second-order valence-electron chi connectivity index (χ2n) is 6.85. The maximum absolute atomic E-state index is 6.34. The molecule has 0 spiro atoms. The summed E-state index contributed by atoms with van der Waals surface area (Å²) in [4.78, 5) is 14.2. The first kappa shape index (κ1) is 16.3. The van der Waals surface area contributed by atoms with Gasteiger partial charge in [0, 0.05) is 37.8 Å². The number of nitrogens with zero attached hydrogens (tertiary/aromatic N) is 5. The van der Waals surface area contributed by atoms with Gasteiger partial charge < -0.3 is 4.90 Å². The van der Waals surface area contributed by atoms with Gasteiger partial charge in [-0.15, -0.1) is 0 Å². The zero-order valence-corrected chi connectivity index (χ0v) is 15.6. The first-order valence-corrected chi connectivity index (χ1v) is 9.61. The molecule has 2 fully saturated rings. The molecule has 1 aliphatic heterocycles. The third-order valence-electron chi connectivity index (χ3n) is 5.17. The van der Waals surface area contributed by atoms with Crippen molar-refractivity contribution in [3.05, 3.63) is 34.4 Å². The second-order valence-corrected chi connectivity index (χ2v) is 7.64. The molecule has 3 aromatic rings. The molecule has 26 heavy (non-hydrogen) atoms. The summed E-state index contributed by atoms with van der Waals surface area (Å²) in [7, 11) is 0. The molecule has 0 amide bonds. The molecule has 3 heterocycles. The number of hydrogen-bond donors (Lipinski definition) is 1. The van der Waals surface area contributed by atoms with Gasteiger partial charge in [0.25, 0.3) is 0 Å². The molecule has 1 N–H and O–H groups in total. The molecule has 6 nitrogen and oxygen atoms in total. The Hall–Kier alpha value is -1.89. The minimum Gasteiger partial charge on any atom is -0.353 e. The summed E-state index contributed by atoms with van der Waals surface area (Å²) < 4.78 is 0. The minimum absolute atomic E-state index is 0.477. The molecule has 134 valence electrons. The summed E-state index contributed by atoms with van der Waals surface area (Å²) in [5.74, 6) is 0.889. The SMILES string of the molecule is Clc1cccc(-c2n[nH]c3nc(N4CCN(C5CC5)CC4)cnc23)c1Cl. The van der Waals surface area contributed by atoms with E-state index in [4.69, 9.17) is 28.2 Å². The molecule has 5 rings (SSSR count). The van der Waals surface area contributed by atoms with Crippen molar-refractivity contribution in [1.82, 2.24) is 25.1 Å². The van der Waals surface area contributed by atoms with Crippen LogP contribution in [0.15, 0.2) is 24.4 Å². The number of piperazine rings is 1. The molecule has 2 aromatic heterocycles. The first-order valence-electron chi connectivity index (χ1n) is 8.85. The normalized spacial score (nSPS) is 18.6. The smallest absolute Gasteiger partial charge is 0.177 e. The average molecular weight is 389 g/mol. The fourth-order valence-electron chi connectivity index (χ4n) is 3.58. The van der Waals surface area contributed by atoms with E-state index < -0.39 is 0 Å². The lowest BCUT2D eigenvalue weighted by Gasteiger charge is -2.35. The van der Waals surface area contributed by atoms with Crippen molar-refractivity contribution < 1.29 is 0 Å². The van der Waals surface area contributed by atoms with E-state index >= 15 is 0 Å². The molecular formula is C18H18Cl2N6. The number of hydrogen-bond acceptors (Lipinski definition) is 5. The first-order chi connectivity index (χ1) is 12.7. The van der Waals surface area contributed by atoms with Gasteiger partial charge in [-0.25, -0.2) is 9.97 Å². The topological polar surface area (TPSA) is 60.9 Å². The van der Waals surface area contributed by atoms with Gasteiger partial charge in [0.05, 0.1) is 16.2 Å².